The van der Waals surface area contributed by atoms with Gasteiger partial charge in [0, 0.05) is 17.2 Å². The Kier molecular flexibility index (Phi) is 4.83. The second kappa shape index (κ2) is 5.70. The number of benzene rings is 1. The maximum absolute atomic E-state index is 10.8. The van der Waals surface area contributed by atoms with Crippen LogP contribution in [0.2, 0.25) is 0 Å². The average Bonchev–Trinajstić information content (AvgIpc) is 2.13. The van der Waals surface area contributed by atoms with E-state index in [1.54, 1.807) is 11.8 Å². The predicted molar refractivity (Wildman–Crippen MR) is 69.5 cm³/mol. The molecule has 1 aromatic carbocycles. The summed E-state index contributed by atoms with van der Waals surface area (Å²) in [7, 11) is -3.06. The lowest BCUT2D eigenvalue weighted by Gasteiger charge is -2.06. The molecule has 0 bridgehead atoms. The van der Waals surface area contributed by atoms with E-state index in [0.717, 1.165) is 5.75 Å². The van der Waals surface area contributed by atoms with Gasteiger partial charge in [0.25, 0.3) is 0 Å². The molecule has 1 aromatic rings. The van der Waals surface area contributed by atoms with Crippen LogP contribution in [0.25, 0.3) is 0 Å². The molecule has 0 unspecified atom stereocenters. The maximum Gasteiger partial charge on any atom is 0.208 e. The van der Waals surface area contributed by atoms with Crippen LogP contribution >= 0.6 is 11.8 Å². The number of sulfonamides is 1. The average molecular weight is 259 g/mol. The van der Waals surface area contributed by atoms with Crippen molar-refractivity contribution in [1.29, 1.82) is 0 Å². The first-order chi connectivity index (χ1) is 7.38. The first-order valence-corrected chi connectivity index (χ1v) is 7.91. The Balaban J connectivity index is 2.43. The molecular weight excluding hydrogens is 242 g/mol. The quantitative estimate of drug-likeness (QED) is 0.649. The fourth-order valence-electron chi connectivity index (χ4n) is 1.35. The molecule has 0 radical (unpaired) electrons. The van der Waals surface area contributed by atoms with Crippen LogP contribution in [0.3, 0.4) is 0 Å². The van der Waals surface area contributed by atoms with Gasteiger partial charge in [0.15, 0.2) is 0 Å². The van der Waals surface area contributed by atoms with Gasteiger partial charge in [0.1, 0.15) is 0 Å². The topological polar surface area (TPSA) is 46.2 Å². The normalized spacial score (nSPS) is 11.7. The second-order valence-corrected chi connectivity index (χ2v) is 6.75. The van der Waals surface area contributed by atoms with Gasteiger partial charge in [-0.05, 0) is 25.5 Å². The second-order valence-electron chi connectivity index (χ2n) is 3.78. The van der Waals surface area contributed by atoms with Crippen molar-refractivity contribution in [2.45, 2.75) is 18.7 Å². The summed E-state index contributed by atoms with van der Waals surface area (Å²) in [4.78, 5) is 1.21. The Bertz CT molecular complexity index is 455. The summed E-state index contributed by atoms with van der Waals surface area (Å²) >= 11 is 1.67. The highest BCUT2D eigenvalue weighted by Crippen LogP contribution is 2.22. The summed E-state index contributed by atoms with van der Waals surface area (Å²) < 4.78 is 24.1. The van der Waals surface area contributed by atoms with Crippen molar-refractivity contribution in [2.24, 2.45) is 0 Å². The van der Waals surface area contributed by atoms with Gasteiger partial charge in [0.05, 0.1) is 6.26 Å². The van der Waals surface area contributed by atoms with Crippen LogP contribution < -0.4 is 4.72 Å². The third-order valence-electron chi connectivity index (χ3n) is 2.05. The van der Waals surface area contributed by atoms with E-state index in [4.69, 9.17) is 0 Å². The highest BCUT2D eigenvalue weighted by atomic mass is 32.2. The molecule has 0 spiro atoms. The van der Waals surface area contributed by atoms with Gasteiger partial charge in [-0.2, -0.15) is 0 Å². The molecule has 1 N–H and O–H groups in total. The number of hydrogen-bond donors (Lipinski definition) is 1. The summed E-state index contributed by atoms with van der Waals surface area (Å²) in [6.45, 7) is 4.60. The van der Waals surface area contributed by atoms with Gasteiger partial charge in [-0.1, -0.05) is 17.7 Å². The molecule has 0 fully saturated rings. The maximum atomic E-state index is 10.8. The summed E-state index contributed by atoms with van der Waals surface area (Å²) in [5.74, 6) is 0.747. The van der Waals surface area contributed by atoms with Gasteiger partial charge in [-0.15, -0.1) is 11.8 Å². The third kappa shape index (κ3) is 5.01. The highest BCUT2D eigenvalue weighted by Gasteiger charge is 2.01. The highest BCUT2D eigenvalue weighted by molar-refractivity contribution is 7.99. The van der Waals surface area contributed by atoms with Crippen molar-refractivity contribution in [3.63, 3.8) is 0 Å². The van der Waals surface area contributed by atoms with Gasteiger partial charge in [0.2, 0.25) is 10.0 Å². The lowest BCUT2D eigenvalue weighted by molar-refractivity contribution is 0.590. The lowest BCUT2D eigenvalue weighted by atomic mass is 10.2. The molecule has 0 aliphatic rings. The van der Waals surface area contributed by atoms with Crippen LogP contribution in [0.1, 0.15) is 11.1 Å². The van der Waals surface area contributed by atoms with E-state index in [1.807, 2.05) is 0 Å². The molecule has 90 valence electrons. The lowest BCUT2D eigenvalue weighted by Crippen LogP contribution is -2.24. The van der Waals surface area contributed by atoms with Crippen LogP contribution in [0.15, 0.2) is 23.1 Å². The Morgan fingerprint density at radius 3 is 2.56 bits per heavy atom. The van der Waals surface area contributed by atoms with E-state index < -0.39 is 10.0 Å². The monoisotopic (exact) mass is 259 g/mol. The van der Waals surface area contributed by atoms with E-state index >= 15 is 0 Å². The van der Waals surface area contributed by atoms with E-state index in [0.29, 0.717) is 6.54 Å². The minimum absolute atomic E-state index is 0.469. The Labute approximate surface area is 102 Å². The fourth-order valence-corrected chi connectivity index (χ4v) is 2.83. The summed E-state index contributed by atoms with van der Waals surface area (Å²) in [6.07, 6.45) is 1.18. The zero-order valence-corrected chi connectivity index (χ0v) is 11.4. The largest absolute Gasteiger partial charge is 0.215 e. The molecule has 0 aliphatic heterocycles. The molecule has 0 heterocycles. The van der Waals surface area contributed by atoms with E-state index in [2.05, 4.69) is 36.8 Å². The van der Waals surface area contributed by atoms with Crippen LogP contribution in [0.4, 0.5) is 0 Å². The van der Waals surface area contributed by atoms with Crippen molar-refractivity contribution in [1.82, 2.24) is 4.72 Å². The van der Waals surface area contributed by atoms with Crippen molar-refractivity contribution < 1.29 is 8.42 Å². The van der Waals surface area contributed by atoms with Crippen molar-refractivity contribution >= 4 is 21.8 Å². The molecule has 0 aromatic heterocycles. The molecule has 0 atom stereocenters. The van der Waals surface area contributed by atoms with Crippen LogP contribution in [0, 0.1) is 13.8 Å². The number of hydrogen-bond acceptors (Lipinski definition) is 3. The molecular formula is C11H17NO2S2. The molecule has 0 aliphatic carbocycles. The number of thioether (sulfide) groups is 1. The SMILES string of the molecule is Cc1ccc(SCCNS(C)(=O)=O)c(C)c1. The van der Waals surface area contributed by atoms with E-state index in [1.165, 1.54) is 22.3 Å². The molecule has 1 rings (SSSR count). The minimum Gasteiger partial charge on any atom is -0.215 e. The summed E-state index contributed by atoms with van der Waals surface area (Å²) in [5, 5.41) is 0. The zero-order valence-electron chi connectivity index (χ0n) is 9.78. The molecule has 0 amide bonds. The molecule has 3 nitrogen and oxygen atoms in total. The van der Waals surface area contributed by atoms with Crippen LogP contribution in [-0.4, -0.2) is 27.0 Å². The van der Waals surface area contributed by atoms with Gasteiger partial charge >= 0.3 is 0 Å². The molecule has 5 heteroatoms. The van der Waals surface area contributed by atoms with Gasteiger partial charge < -0.3 is 0 Å². The van der Waals surface area contributed by atoms with Gasteiger partial charge in [-0.3, -0.25) is 0 Å². The van der Waals surface area contributed by atoms with Crippen molar-refractivity contribution in [3.05, 3.63) is 29.3 Å². The van der Waals surface area contributed by atoms with Crippen LogP contribution in [0.5, 0.6) is 0 Å². The first kappa shape index (κ1) is 13.5. The first-order valence-electron chi connectivity index (χ1n) is 5.03. The molecule has 0 saturated heterocycles. The predicted octanol–water partition coefficient (Wildman–Crippen LogP) is 1.94. The third-order valence-corrected chi connectivity index (χ3v) is 3.96. The zero-order chi connectivity index (χ0) is 12.2. The van der Waals surface area contributed by atoms with E-state index in [9.17, 15) is 8.42 Å². The summed E-state index contributed by atoms with van der Waals surface area (Å²) in [5.41, 5.74) is 2.49. The molecule has 0 saturated carbocycles. The standard InChI is InChI=1S/C11H17NO2S2/c1-9-4-5-11(10(2)8-9)15-7-6-12-16(3,13)14/h4-5,8,12H,6-7H2,1-3H3. The fraction of sp³-hybridized carbons (Fsp3) is 0.455. The Morgan fingerprint density at radius 1 is 1.31 bits per heavy atom. The van der Waals surface area contributed by atoms with Gasteiger partial charge in [-0.25, -0.2) is 13.1 Å². The number of rotatable bonds is 5. The van der Waals surface area contributed by atoms with Crippen LogP contribution in [-0.2, 0) is 10.0 Å². The Hall–Kier alpha value is -0.520. The van der Waals surface area contributed by atoms with Crippen molar-refractivity contribution in [2.75, 3.05) is 18.6 Å². The minimum atomic E-state index is -3.06. The number of aryl methyl sites for hydroxylation is 2. The van der Waals surface area contributed by atoms with Crippen molar-refractivity contribution in [3.8, 4) is 0 Å². The summed E-state index contributed by atoms with van der Waals surface area (Å²) in [6, 6.07) is 6.28. The smallest absolute Gasteiger partial charge is 0.208 e. The Morgan fingerprint density at radius 2 is 2.00 bits per heavy atom. The molecule has 16 heavy (non-hydrogen) atoms. The van der Waals surface area contributed by atoms with E-state index in [-0.39, 0.29) is 0 Å². The number of nitrogens with one attached hydrogen (secondary N) is 1.